The van der Waals surface area contributed by atoms with Gasteiger partial charge < -0.3 is 14.2 Å². The molecule has 3 aromatic rings. The van der Waals surface area contributed by atoms with Crippen LogP contribution in [0.4, 0.5) is 0 Å². The van der Waals surface area contributed by atoms with Gasteiger partial charge in [-0.2, -0.15) is 0 Å². The number of carbonyl (C=O) groups excluding carboxylic acids is 1. The maximum absolute atomic E-state index is 12.4. The Morgan fingerprint density at radius 1 is 1.09 bits per heavy atom. The molecule has 1 aromatic carbocycles. The molecular formula is C18H17NO3S. The maximum atomic E-state index is 12.4. The quantitative estimate of drug-likeness (QED) is 0.673. The number of thioether (sulfide) groups is 1. The minimum Gasteiger partial charge on any atom is -0.461 e. The van der Waals surface area contributed by atoms with E-state index >= 15 is 0 Å². The van der Waals surface area contributed by atoms with E-state index in [2.05, 4.69) is 12.2 Å². The molecule has 4 nitrogen and oxygen atoms in total. The van der Waals surface area contributed by atoms with Gasteiger partial charge in [0, 0.05) is 4.90 Å². The lowest BCUT2D eigenvalue weighted by Crippen LogP contribution is -2.23. The minimum atomic E-state index is -0.0995. The van der Waals surface area contributed by atoms with E-state index in [1.807, 2.05) is 48.5 Å². The molecule has 0 bridgehead atoms. The van der Waals surface area contributed by atoms with Crippen molar-refractivity contribution in [3.63, 3.8) is 0 Å². The largest absolute Gasteiger partial charge is 0.461 e. The fourth-order valence-electron chi connectivity index (χ4n) is 2.22. The number of carbonyl (C=O) groups is 1. The number of rotatable bonds is 6. The molecule has 5 heteroatoms. The lowest BCUT2D eigenvalue weighted by Gasteiger charge is -2.08. The van der Waals surface area contributed by atoms with Crippen LogP contribution in [-0.4, -0.2) is 11.7 Å². The molecular weight excluding hydrogens is 310 g/mol. The first-order valence-corrected chi connectivity index (χ1v) is 8.39. The van der Waals surface area contributed by atoms with E-state index < -0.39 is 0 Å². The van der Waals surface area contributed by atoms with Crippen molar-refractivity contribution in [3.05, 3.63) is 66.1 Å². The highest BCUT2D eigenvalue weighted by atomic mass is 32.2. The predicted octanol–water partition coefficient (Wildman–Crippen LogP) is 4.58. The summed E-state index contributed by atoms with van der Waals surface area (Å²) in [6.07, 6.45) is 1.60. The Labute approximate surface area is 138 Å². The smallest absolute Gasteiger partial charge is 0.252 e. The van der Waals surface area contributed by atoms with Crippen molar-refractivity contribution in [1.29, 1.82) is 0 Å². The van der Waals surface area contributed by atoms with Crippen molar-refractivity contribution in [3.8, 4) is 11.5 Å². The van der Waals surface area contributed by atoms with E-state index in [-0.39, 0.29) is 5.91 Å². The fourth-order valence-corrected chi connectivity index (χ4v) is 3.02. The van der Waals surface area contributed by atoms with Crippen LogP contribution in [0.15, 0.2) is 68.5 Å². The summed E-state index contributed by atoms with van der Waals surface area (Å²) < 4.78 is 11.0. The van der Waals surface area contributed by atoms with Gasteiger partial charge in [-0.3, -0.25) is 4.79 Å². The summed E-state index contributed by atoms with van der Waals surface area (Å²) in [5, 5.41) is 2.90. The average molecular weight is 327 g/mol. The van der Waals surface area contributed by atoms with Crippen LogP contribution in [0.25, 0.3) is 11.5 Å². The summed E-state index contributed by atoms with van der Waals surface area (Å²) >= 11 is 1.66. The Kier molecular flexibility index (Phi) is 4.88. The zero-order chi connectivity index (χ0) is 16.1. The molecule has 0 saturated carbocycles. The van der Waals surface area contributed by atoms with Crippen LogP contribution < -0.4 is 5.32 Å². The standard InChI is InChI=1S/C18H17NO3S/c1-2-23-17-8-4-3-6-14(17)18(20)19-12-13-9-10-16(22-13)15-7-5-11-21-15/h3-11H,2,12H2,1H3,(H,19,20). The molecule has 0 atom stereocenters. The van der Waals surface area contributed by atoms with Gasteiger partial charge in [0.15, 0.2) is 11.5 Å². The molecule has 0 fully saturated rings. The van der Waals surface area contributed by atoms with Crippen molar-refractivity contribution in [2.75, 3.05) is 5.75 Å². The third-order valence-corrected chi connectivity index (χ3v) is 4.24. The molecule has 0 unspecified atom stereocenters. The van der Waals surface area contributed by atoms with E-state index in [0.29, 0.717) is 29.4 Å². The minimum absolute atomic E-state index is 0.0995. The van der Waals surface area contributed by atoms with Crippen molar-refractivity contribution in [1.82, 2.24) is 5.32 Å². The predicted molar refractivity (Wildman–Crippen MR) is 90.4 cm³/mol. The van der Waals surface area contributed by atoms with Crippen LogP contribution in [-0.2, 0) is 6.54 Å². The second-order valence-electron chi connectivity index (χ2n) is 4.86. The second-order valence-corrected chi connectivity index (χ2v) is 6.16. The number of benzene rings is 1. The van der Waals surface area contributed by atoms with Crippen LogP contribution >= 0.6 is 11.8 Å². The van der Waals surface area contributed by atoms with Gasteiger partial charge in [0.1, 0.15) is 5.76 Å². The van der Waals surface area contributed by atoms with Crippen LogP contribution in [0.2, 0.25) is 0 Å². The zero-order valence-corrected chi connectivity index (χ0v) is 13.6. The van der Waals surface area contributed by atoms with Crippen molar-refractivity contribution >= 4 is 17.7 Å². The van der Waals surface area contributed by atoms with Crippen molar-refractivity contribution in [2.45, 2.75) is 18.4 Å². The normalized spacial score (nSPS) is 10.7. The van der Waals surface area contributed by atoms with Gasteiger partial charge in [0.2, 0.25) is 0 Å². The summed E-state index contributed by atoms with van der Waals surface area (Å²) in [7, 11) is 0. The molecule has 118 valence electrons. The first-order valence-electron chi connectivity index (χ1n) is 7.40. The third-order valence-electron chi connectivity index (χ3n) is 3.28. The monoisotopic (exact) mass is 327 g/mol. The lowest BCUT2D eigenvalue weighted by atomic mass is 10.2. The molecule has 0 spiro atoms. The van der Waals surface area contributed by atoms with Crippen molar-refractivity contribution in [2.24, 2.45) is 0 Å². The van der Waals surface area contributed by atoms with Gasteiger partial charge in [-0.05, 0) is 42.2 Å². The van der Waals surface area contributed by atoms with E-state index in [9.17, 15) is 4.79 Å². The van der Waals surface area contributed by atoms with Gasteiger partial charge in [-0.15, -0.1) is 11.8 Å². The Bertz CT molecular complexity index is 777. The number of hydrogen-bond acceptors (Lipinski definition) is 4. The van der Waals surface area contributed by atoms with Gasteiger partial charge in [-0.1, -0.05) is 19.1 Å². The summed E-state index contributed by atoms with van der Waals surface area (Å²) in [6, 6.07) is 14.9. The number of amides is 1. The highest BCUT2D eigenvalue weighted by Gasteiger charge is 2.12. The summed E-state index contributed by atoms with van der Waals surface area (Å²) in [5.74, 6) is 2.84. The molecule has 0 radical (unpaired) electrons. The Morgan fingerprint density at radius 3 is 2.74 bits per heavy atom. The molecule has 0 aliphatic heterocycles. The van der Waals surface area contributed by atoms with Crippen LogP contribution in [0.5, 0.6) is 0 Å². The van der Waals surface area contributed by atoms with E-state index in [1.54, 1.807) is 18.0 Å². The van der Waals surface area contributed by atoms with Crippen LogP contribution in [0, 0.1) is 0 Å². The lowest BCUT2D eigenvalue weighted by molar-refractivity contribution is 0.0945. The highest BCUT2D eigenvalue weighted by molar-refractivity contribution is 7.99. The first kappa shape index (κ1) is 15.5. The van der Waals surface area contributed by atoms with Gasteiger partial charge >= 0.3 is 0 Å². The number of nitrogens with one attached hydrogen (secondary N) is 1. The Hall–Kier alpha value is -2.40. The molecule has 3 rings (SSSR count). The molecule has 2 heterocycles. The number of hydrogen-bond donors (Lipinski definition) is 1. The summed E-state index contributed by atoms with van der Waals surface area (Å²) in [4.78, 5) is 13.4. The van der Waals surface area contributed by atoms with Crippen LogP contribution in [0.1, 0.15) is 23.0 Å². The Morgan fingerprint density at radius 2 is 1.96 bits per heavy atom. The van der Waals surface area contributed by atoms with Crippen LogP contribution in [0.3, 0.4) is 0 Å². The summed E-state index contributed by atoms with van der Waals surface area (Å²) in [6.45, 7) is 2.41. The third kappa shape index (κ3) is 3.68. The zero-order valence-electron chi connectivity index (χ0n) is 12.7. The SMILES string of the molecule is CCSc1ccccc1C(=O)NCc1ccc(-c2ccco2)o1. The first-order chi connectivity index (χ1) is 11.3. The molecule has 1 amide bonds. The number of furan rings is 2. The Balaban J connectivity index is 1.65. The average Bonchev–Trinajstić information content (AvgIpc) is 3.24. The maximum Gasteiger partial charge on any atom is 0.252 e. The van der Waals surface area contributed by atoms with Gasteiger partial charge in [0.25, 0.3) is 5.91 Å². The molecule has 0 saturated heterocycles. The molecule has 1 N–H and O–H groups in total. The summed E-state index contributed by atoms with van der Waals surface area (Å²) in [5.41, 5.74) is 0.692. The van der Waals surface area contributed by atoms with E-state index in [1.165, 1.54) is 0 Å². The molecule has 2 aromatic heterocycles. The van der Waals surface area contributed by atoms with Crippen molar-refractivity contribution < 1.29 is 13.6 Å². The molecule has 0 aliphatic rings. The van der Waals surface area contributed by atoms with E-state index in [0.717, 1.165) is 10.6 Å². The second kappa shape index (κ2) is 7.24. The van der Waals surface area contributed by atoms with Gasteiger partial charge in [0.05, 0.1) is 18.4 Å². The molecule has 23 heavy (non-hydrogen) atoms. The highest BCUT2D eigenvalue weighted by Crippen LogP contribution is 2.24. The topological polar surface area (TPSA) is 55.4 Å². The molecule has 0 aliphatic carbocycles. The van der Waals surface area contributed by atoms with E-state index in [4.69, 9.17) is 8.83 Å². The fraction of sp³-hybridized carbons (Fsp3) is 0.167. The van der Waals surface area contributed by atoms with Gasteiger partial charge in [-0.25, -0.2) is 0 Å².